The van der Waals surface area contributed by atoms with Gasteiger partial charge in [-0.15, -0.1) is 12.3 Å². The fourth-order valence-electron chi connectivity index (χ4n) is 2.92. The minimum atomic E-state index is 0.481. The molecule has 0 amide bonds. The van der Waals surface area contributed by atoms with Gasteiger partial charge in [0.2, 0.25) is 0 Å². The zero-order valence-corrected chi connectivity index (χ0v) is 14.4. The molecule has 0 bridgehead atoms. The van der Waals surface area contributed by atoms with Gasteiger partial charge >= 0.3 is 0 Å². The molecule has 1 atom stereocenters. The maximum Gasteiger partial charge on any atom is 0.0244 e. The Balaban J connectivity index is 1.78. The second-order valence-electron chi connectivity index (χ2n) is 5.82. The molecular weight excluding hydrogens is 324 g/mol. The number of benzene rings is 1. The third kappa shape index (κ3) is 5.14. The maximum absolute atomic E-state index is 5.43. The molecule has 1 aromatic carbocycles. The van der Waals surface area contributed by atoms with Crippen molar-refractivity contribution in [2.24, 2.45) is 0 Å². The van der Waals surface area contributed by atoms with Gasteiger partial charge < -0.3 is 5.32 Å². The molecule has 3 heteroatoms. The van der Waals surface area contributed by atoms with Crippen LogP contribution in [-0.2, 0) is 6.54 Å². The fraction of sp³-hybridized carbons (Fsp3) is 0.556. The van der Waals surface area contributed by atoms with Crippen LogP contribution in [0.2, 0.25) is 0 Å². The van der Waals surface area contributed by atoms with E-state index >= 15 is 0 Å². The van der Waals surface area contributed by atoms with Crippen LogP contribution in [0.1, 0.15) is 38.2 Å². The molecule has 0 aliphatic carbocycles. The van der Waals surface area contributed by atoms with Crippen LogP contribution in [0.25, 0.3) is 0 Å². The SMILES string of the molecule is C#CC[C@@H](CC)NC1CCN(Cc2ccccc2Br)CC1. The van der Waals surface area contributed by atoms with Crippen molar-refractivity contribution in [2.45, 2.75) is 51.2 Å². The lowest BCUT2D eigenvalue weighted by Gasteiger charge is -2.34. The zero-order chi connectivity index (χ0) is 15.1. The lowest BCUT2D eigenvalue weighted by molar-refractivity contribution is 0.183. The number of hydrogen-bond donors (Lipinski definition) is 1. The predicted octanol–water partition coefficient (Wildman–Crippen LogP) is 3.81. The second kappa shape index (κ2) is 8.58. The summed E-state index contributed by atoms with van der Waals surface area (Å²) in [6, 6.07) is 9.61. The Morgan fingerprint density at radius 2 is 2.10 bits per heavy atom. The van der Waals surface area contributed by atoms with Gasteiger partial charge in [-0.25, -0.2) is 0 Å². The van der Waals surface area contributed by atoms with E-state index in [1.165, 1.54) is 22.9 Å². The van der Waals surface area contributed by atoms with Gasteiger partial charge in [0.15, 0.2) is 0 Å². The van der Waals surface area contributed by atoms with E-state index < -0.39 is 0 Å². The molecule has 0 radical (unpaired) electrons. The number of halogens is 1. The quantitative estimate of drug-likeness (QED) is 0.786. The van der Waals surface area contributed by atoms with E-state index in [2.05, 4.69) is 63.3 Å². The number of hydrogen-bond acceptors (Lipinski definition) is 2. The number of nitrogens with one attached hydrogen (secondary N) is 1. The van der Waals surface area contributed by atoms with Gasteiger partial charge in [-0.05, 0) is 44.0 Å². The van der Waals surface area contributed by atoms with Crippen LogP contribution in [-0.4, -0.2) is 30.1 Å². The number of piperidine rings is 1. The van der Waals surface area contributed by atoms with Gasteiger partial charge in [0.1, 0.15) is 0 Å². The van der Waals surface area contributed by atoms with Crippen molar-refractivity contribution in [1.82, 2.24) is 10.2 Å². The molecule has 0 aromatic heterocycles. The van der Waals surface area contributed by atoms with E-state index in [9.17, 15) is 0 Å². The van der Waals surface area contributed by atoms with Crippen molar-refractivity contribution < 1.29 is 0 Å². The summed E-state index contributed by atoms with van der Waals surface area (Å²) in [6.45, 7) is 5.56. The summed E-state index contributed by atoms with van der Waals surface area (Å²) in [6.07, 6.45) is 9.81. The van der Waals surface area contributed by atoms with Gasteiger partial charge in [0.25, 0.3) is 0 Å². The van der Waals surface area contributed by atoms with Crippen LogP contribution in [0.15, 0.2) is 28.7 Å². The van der Waals surface area contributed by atoms with Gasteiger partial charge in [-0.1, -0.05) is 41.1 Å². The monoisotopic (exact) mass is 348 g/mol. The fourth-order valence-corrected chi connectivity index (χ4v) is 3.33. The van der Waals surface area contributed by atoms with Crippen molar-refractivity contribution in [3.05, 3.63) is 34.3 Å². The highest BCUT2D eigenvalue weighted by Crippen LogP contribution is 2.20. The molecule has 2 rings (SSSR count). The highest BCUT2D eigenvalue weighted by Gasteiger charge is 2.21. The van der Waals surface area contributed by atoms with Crippen LogP contribution in [0.5, 0.6) is 0 Å². The van der Waals surface area contributed by atoms with Crippen LogP contribution in [0, 0.1) is 12.3 Å². The smallest absolute Gasteiger partial charge is 0.0244 e. The molecular formula is C18H25BrN2. The van der Waals surface area contributed by atoms with Crippen LogP contribution >= 0.6 is 15.9 Å². The molecule has 114 valence electrons. The van der Waals surface area contributed by atoms with Crippen molar-refractivity contribution in [3.63, 3.8) is 0 Å². The molecule has 1 N–H and O–H groups in total. The van der Waals surface area contributed by atoms with Crippen molar-refractivity contribution in [3.8, 4) is 12.3 Å². The molecule has 2 nitrogen and oxygen atoms in total. The Morgan fingerprint density at radius 1 is 1.38 bits per heavy atom. The summed E-state index contributed by atoms with van der Waals surface area (Å²) in [5, 5.41) is 3.72. The number of likely N-dealkylation sites (tertiary alicyclic amines) is 1. The van der Waals surface area contributed by atoms with E-state index in [-0.39, 0.29) is 0 Å². The van der Waals surface area contributed by atoms with Crippen molar-refractivity contribution >= 4 is 15.9 Å². The largest absolute Gasteiger partial charge is 0.310 e. The van der Waals surface area contributed by atoms with Gasteiger partial charge in [0, 0.05) is 29.5 Å². The summed E-state index contributed by atoms with van der Waals surface area (Å²) in [7, 11) is 0. The molecule has 1 fully saturated rings. The molecule has 1 aromatic rings. The molecule has 1 saturated heterocycles. The summed E-state index contributed by atoms with van der Waals surface area (Å²) in [5.41, 5.74) is 1.38. The summed E-state index contributed by atoms with van der Waals surface area (Å²) in [4.78, 5) is 2.54. The first kappa shape index (κ1) is 16.5. The average molecular weight is 349 g/mol. The lowest BCUT2D eigenvalue weighted by Crippen LogP contribution is -2.45. The van der Waals surface area contributed by atoms with Crippen LogP contribution in [0.4, 0.5) is 0 Å². The van der Waals surface area contributed by atoms with Crippen LogP contribution in [0.3, 0.4) is 0 Å². The predicted molar refractivity (Wildman–Crippen MR) is 93.1 cm³/mol. The normalized spacial score (nSPS) is 18.3. The summed E-state index contributed by atoms with van der Waals surface area (Å²) >= 11 is 3.64. The topological polar surface area (TPSA) is 15.3 Å². The summed E-state index contributed by atoms with van der Waals surface area (Å²) in [5.74, 6) is 2.78. The molecule has 1 aliphatic rings. The first-order valence-electron chi connectivity index (χ1n) is 7.88. The van der Waals surface area contributed by atoms with E-state index in [4.69, 9.17) is 6.42 Å². The minimum absolute atomic E-state index is 0.481. The number of terminal acetylenes is 1. The average Bonchev–Trinajstić information content (AvgIpc) is 2.51. The highest BCUT2D eigenvalue weighted by molar-refractivity contribution is 9.10. The maximum atomic E-state index is 5.43. The Hall–Kier alpha value is -0.820. The molecule has 1 aliphatic heterocycles. The van der Waals surface area contributed by atoms with Crippen LogP contribution < -0.4 is 5.32 Å². The molecule has 0 spiro atoms. The lowest BCUT2D eigenvalue weighted by atomic mass is 10.0. The van der Waals surface area contributed by atoms with E-state index in [1.807, 2.05) is 0 Å². The Morgan fingerprint density at radius 3 is 2.71 bits per heavy atom. The molecule has 1 heterocycles. The Bertz CT molecular complexity index is 472. The van der Waals surface area contributed by atoms with Gasteiger partial charge in [-0.3, -0.25) is 4.90 Å². The third-order valence-electron chi connectivity index (χ3n) is 4.27. The Kier molecular flexibility index (Phi) is 6.76. The van der Waals surface area contributed by atoms with E-state index in [0.29, 0.717) is 12.1 Å². The summed E-state index contributed by atoms with van der Waals surface area (Å²) < 4.78 is 1.21. The van der Waals surface area contributed by atoms with Crippen molar-refractivity contribution in [1.29, 1.82) is 0 Å². The number of nitrogens with zero attached hydrogens (tertiary/aromatic N) is 1. The van der Waals surface area contributed by atoms with E-state index in [1.54, 1.807) is 0 Å². The standard InChI is InChI=1S/C18H25BrN2/c1-3-7-16(4-2)20-17-10-12-21(13-11-17)14-15-8-5-6-9-18(15)19/h1,5-6,8-9,16-17,20H,4,7,10-14H2,2H3/t16-/m1/s1. The first-order chi connectivity index (χ1) is 10.2. The Labute approximate surface area is 137 Å². The van der Waals surface area contributed by atoms with Crippen molar-refractivity contribution in [2.75, 3.05) is 13.1 Å². The first-order valence-corrected chi connectivity index (χ1v) is 8.67. The molecule has 0 unspecified atom stereocenters. The number of rotatable bonds is 6. The highest BCUT2D eigenvalue weighted by atomic mass is 79.9. The zero-order valence-electron chi connectivity index (χ0n) is 12.8. The van der Waals surface area contributed by atoms with Gasteiger partial charge in [-0.2, -0.15) is 0 Å². The van der Waals surface area contributed by atoms with E-state index in [0.717, 1.165) is 32.5 Å². The molecule has 21 heavy (non-hydrogen) atoms. The third-order valence-corrected chi connectivity index (χ3v) is 5.04. The second-order valence-corrected chi connectivity index (χ2v) is 6.68. The minimum Gasteiger partial charge on any atom is -0.310 e. The van der Waals surface area contributed by atoms with Gasteiger partial charge in [0.05, 0.1) is 0 Å². The molecule has 0 saturated carbocycles.